The molecule has 0 aliphatic rings. The molecule has 0 radical (unpaired) electrons. The standard InChI is InChI=1S/C22H18F3N5O4S/c1-11-19(12(2)34-29-11)14-7-6-13-8-17(20(26)31)21(28-18(13)9-14)27-15-4-3-5-16(10-15)30-35(32,33)22(23,24)25/h3-10,30H,1-2H3,(H2,26,31)(H,27,28). The molecule has 1 amide bonds. The smallest absolute Gasteiger partial charge is 0.365 e. The molecule has 0 fully saturated rings. The maximum Gasteiger partial charge on any atom is 0.516 e. The topological polar surface area (TPSA) is 140 Å². The van der Waals surface area contributed by atoms with Crippen molar-refractivity contribution in [3.05, 3.63) is 65.5 Å². The Labute approximate surface area is 197 Å². The van der Waals surface area contributed by atoms with Crippen LogP contribution in [-0.2, 0) is 10.0 Å². The average molecular weight is 505 g/mol. The Morgan fingerprint density at radius 1 is 1.06 bits per heavy atom. The number of aromatic nitrogens is 2. The van der Waals surface area contributed by atoms with Crippen LogP contribution in [0.2, 0.25) is 0 Å². The molecule has 0 spiro atoms. The fourth-order valence-corrected chi connectivity index (χ4v) is 4.06. The van der Waals surface area contributed by atoms with Crippen molar-refractivity contribution in [1.29, 1.82) is 0 Å². The Kier molecular flexibility index (Phi) is 5.88. The number of pyridine rings is 1. The first-order valence-electron chi connectivity index (χ1n) is 10.00. The van der Waals surface area contributed by atoms with Gasteiger partial charge in [0.15, 0.2) is 0 Å². The summed E-state index contributed by atoms with van der Waals surface area (Å²) >= 11 is 0. The lowest BCUT2D eigenvalue weighted by Crippen LogP contribution is -2.29. The zero-order valence-electron chi connectivity index (χ0n) is 18.3. The molecule has 4 N–H and O–H groups in total. The normalized spacial score (nSPS) is 12.0. The molecule has 9 nitrogen and oxygen atoms in total. The summed E-state index contributed by atoms with van der Waals surface area (Å²) in [6.07, 6.45) is 0. The first-order chi connectivity index (χ1) is 16.4. The Balaban J connectivity index is 1.74. The van der Waals surface area contributed by atoms with Crippen molar-refractivity contribution in [2.45, 2.75) is 19.4 Å². The van der Waals surface area contributed by atoms with Crippen molar-refractivity contribution < 1.29 is 30.9 Å². The molecule has 2 aromatic carbocycles. The minimum atomic E-state index is -5.60. The van der Waals surface area contributed by atoms with Crippen LogP contribution in [0.4, 0.5) is 30.4 Å². The summed E-state index contributed by atoms with van der Waals surface area (Å²) in [5, 5.41) is 7.39. The van der Waals surface area contributed by atoms with E-state index in [2.05, 4.69) is 15.5 Å². The molecule has 182 valence electrons. The van der Waals surface area contributed by atoms with Gasteiger partial charge in [0.25, 0.3) is 5.91 Å². The molecular weight excluding hydrogens is 487 g/mol. The molecule has 0 saturated heterocycles. The predicted octanol–water partition coefficient (Wildman–Crippen LogP) is 4.61. The van der Waals surface area contributed by atoms with Crippen molar-refractivity contribution >= 4 is 44.0 Å². The summed E-state index contributed by atoms with van der Waals surface area (Å²) in [7, 11) is -5.60. The highest BCUT2D eigenvalue weighted by molar-refractivity contribution is 7.93. The van der Waals surface area contributed by atoms with Crippen LogP contribution >= 0.6 is 0 Å². The van der Waals surface area contributed by atoms with Gasteiger partial charge in [-0.1, -0.05) is 23.4 Å². The maximum atomic E-state index is 12.7. The number of rotatable bonds is 6. The van der Waals surface area contributed by atoms with Gasteiger partial charge in [0, 0.05) is 16.6 Å². The molecule has 0 aliphatic heterocycles. The Morgan fingerprint density at radius 3 is 2.40 bits per heavy atom. The van der Waals surface area contributed by atoms with Gasteiger partial charge < -0.3 is 15.6 Å². The van der Waals surface area contributed by atoms with Gasteiger partial charge in [-0.15, -0.1) is 0 Å². The SMILES string of the molecule is Cc1noc(C)c1-c1ccc2cc(C(N)=O)c(Nc3cccc(NS(=O)(=O)C(F)(F)F)c3)nc2c1. The Morgan fingerprint density at radius 2 is 1.77 bits per heavy atom. The van der Waals surface area contributed by atoms with E-state index in [0.717, 1.165) is 23.3 Å². The van der Waals surface area contributed by atoms with E-state index >= 15 is 0 Å². The van der Waals surface area contributed by atoms with E-state index in [9.17, 15) is 26.4 Å². The molecule has 35 heavy (non-hydrogen) atoms. The second kappa shape index (κ2) is 8.58. The number of hydrogen-bond acceptors (Lipinski definition) is 7. The van der Waals surface area contributed by atoms with Crippen LogP contribution in [0.1, 0.15) is 21.8 Å². The monoisotopic (exact) mass is 505 g/mol. The van der Waals surface area contributed by atoms with E-state index < -0.39 is 21.4 Å². The van der Waals surface area contributed by atoms with E-state index in [1.54, 1.807) is 26.0 Å². The van der Waals surface area contributed by atoms with Crippen LogP contribution in [0, 0.1) is 13.8 Å². The number of nitrogens with two attached hydrogens (primary N) is 1. The largest absolute Gasteiger partial charge is 0.516 e. The summed E-state index contributed by atoms with van der Waals surface area (Å²) < 4.78 is 67.6. The number of nitrogens with one attached hydrogen (secondary N) is 2. The molecular formula is C22H18F3N5O4S. The number of carbonyl (C=O) groups is 1. The first kappa shape index (κ1) is 24.0. The summed E-state index contributed by atoms with van der Waals surface area (Å²) in [6, 6.07) is 11.9. The molecule has 0 unspecified atom stereocenters. The number of fused-ring (bicyclic) bond motifs is 1. The van der Waals surface area contributed by atoms with Gasteiger partial charge in [-0.2, -0.15) is 21.6 Å². The Bertz CT molecular complexity index is 1550. The number of sulfonamides is 1. The average Bonchev–Trinajstić information content (AvgIpc) is 3.10. The number of carbonyl (C=O) groups excluding carboxylic acids is 1. The molecule has 0 bridgehead atoms. The molecule has 4 rings (SSSR count). The second-order valence-electron chi connectivity index (χ2n) is 7.61. The molecule has 4 aromatic rings. The molecule has 0 saturated carbocycles. The number of halogens is 3. The van der Waals surface area contributed by atoms with Crippen molar-refractivity contribution in [2.24, 2.45) is 5.73 Å². The zero-order chi connectivity index (χ0) is 25.5. The minimum absolute atomic E-state index is 0.0314. The number of primary amides is 1. The van der Waals surface area contributed by atoms with Gasteiger partial charge in [-0.25, -0.2) is 4.98 Å². The van der Waals surface area contributed by atoms with Gasteiger partial charge in [0.1, 0.15) is 11.6 Å². The quantitative estimate of drug-likeness (QED) is 0.348. The Hall–Kier alpha value is -4.13. The van der Waals surface area contributed by atoms with Gasteiger partial charge >= 0.3 is 15.5 Å². The molecule has 0 aliphatic carbocycles. The van der Waals surface area contributed by atoms with Gasteiger partial charge in [0.2, 0.25) is 0 Å². The third-order valence-electron chi connectivity index (χ3n) is 5.09. The fourth-order valence-electron chi connectivity index (χ4n) is 3.51. The lowest BCUT2D eigenvalue weighted by molar-refractivity contribution is -0.0429. The molecule has 2 aromatic heterocycles. The number of aryl methyl sites for hydroxylation is 2. The van der Waals surface area contributed by atoms with E-state index in [4.69, 9.17) is 10.3 Å². The minimum Gasteiger partial charge on any atom is -0.365 e. The number of anilines is 3. The third kappa shape index (κ3) is 4.75. The summed E-state index contributed by atoms with van der Waals surface area (Å²) in [4.78, 5) is 16.6. The van der Waals surface area contributed by atoms with Crippen LogP contribution in [-0.4, -0.2) is 30.0 Å². The molecule has 0 atom stereocenters. The number of nitrogens with zero attached hydrogens (tertiary/aromatic N) is 2. The highest BCUT2D eigenvalue weighted by atomic mass is 32.2. The van der Waals surface area contributed by atoms with Crippen molar-refractivity contribution in [2.75, 3.05) is 10.0 Å². The zero-order valence-corrected chi connectivity index (χ0v) is 19.1. The highest BCUT2D eigenvalue weighted by Crippen LogP contribution is 2.32. The number of amides is 1. The third-order valence-corrected chi connectivity index (χ3v) is 6.20. The van der Waals surface area contributed by atoms with Gasteiger partial charge in [0.05, 0.1) is 22.5 Å². The van der Waals surface area contributed by atoms with Crippen LogP contribution in [0.25, 0.3) is 22.0 Å². The summed E-state index contributed by atoms with van der Waals surface area (Å²) in [6.45, 7) is 3.57. The highest BCUT2D eigenvalue weighted by Gasteiger charge is 2.46. The van der Waals surface area contributed by atoms with E-state index in [0.29, 0.717) is 22.4 Å². The lowest BCUT2D eigenvalue weighted by Gasteiger charge is -2.14. The van der Waals surface area contributed by atoms with Gasteiger partial charge in [-0.3, -0.25) is 9.52 Å². The number of alkyl halides is 3. The summed E-state index contributed by atoms with van der Waals surface area (Å²) in [5.41, 5.74) is 2.65. The predicted molar refractivity (Wildman–Crippen MR) is 124 cm³/mol. The fraction of sp³-hybridized carbons (Fsp3) is 0.136. The van der Waals surface area contributed by atoms with Crippen LogP contribution in [0.3, 0.4) is 0 Å². The first-order valence-corrected chi connectivity index (χ1v) is 11.5. The van der Waals surface area contributed by atoms with E-state index in [1.807, 2.05) is 6.07 Å². The molecule has 2 heterocycles. The number of hydrogen-bond donors (Lipinski definition) is 3. The van der Waals surface area contributed by atoms with Crippen LogP contribution in [0.15, 0.2) is 53.1 Å². The van der Waals surface area contributed by atoms with Crippen molar-refractivity contribution in [3.63, 3.8) is 0 Å². The lowest BCUT2D eigenvalue weighted by atomic mass is 10.0. The number of benzene rings is 2. The molecule has 13 heteroatoms. The van der Waals surface area contributed by atoms with E-state index in [1.165, 1.54) is 22.9 Å². The second-order valence-corrected chi connectivity index (χ2v) is 9.29. The van der Waals surface area contributed by atoms with Crippen LogP contribution in [0.5, 0.6) is 0 Å². The summed E-state index contributed by atoms with van der Waals surface area (Å²) in [5.74, 6) is -0.130. The van der Waals surface area contributed by atoms with Crippen molar-refractivity contribution in [1.82, 2.24) is 10.1 Å². The van der Waals surface area contributed by atoms with Crippen molar-refractivity contribution in [3.8, 4) is 11.1 Å². The van der Waals surface area contributed by atoms with Gasteiger partial charge in [-0.05, 0) is 49.7 Å². The van der Waals surface area contributed by atoms with E-state index in [-0.39, 0.29) is 22.8 Å². The maximum absolute atomic E-state index is 12.7. The van der Waals surface area contributed by atoms with Crippen LogP contribution < -0.4 is 15.8 Å².